The van der Waals surface area contributed by atoms with E-state index in [0.29, 0.717) is 10.7 Å². The lowest BCUT2D eigenvalue weighted by Crippen LogP contribution is -2.23. The second-order valence-corrected chi connectivity index (χ2v) is 3.16. The van der Waals surface area contributed by atoms with E-state index in [2.05, 4.69) is 15.0 Å². The second-order valence-electron chi connectivity index (χ2n) is 3.16. The van der Waals surface area contributed by atoms with Crippen LogP contribution in [0.1, 0.15) is 0 Å². The number of fused-ring (bicyclic) bond motifs is 3. The van der Waals surface area contributed by atoms with Crippen LogP contribution in [-0.4, -0.2) is 10.9 Å². The summed E-state index contributed by atoms with van der Waals surface area (Å²) in [7, 11) is 0. The van der Waals surface area contributed by atoms with Gasteiger partial charge in [0.25, 0.3) is 0 Å². The summed E-state index contributed by atoms with van der Waals surface area (Å²) in [6.07, 6.45) is 1.62. The van der Waals surface area contributed by atoms with Crippen molar-refractivity contribution in [1.29, 1.82) is 0 Å². The van der Waals surface area contributed by atoms with E-state index in [-0.39, 0.29) is 5.82 Å². The summed E-state index contributed by atoms with van der Waals surface area (Å²) >= 11 is 0. The van der Waals surface area contributed by atoms with Gasteiger partial charge >= 0.3 is 0 Å². The molecule has 0 unspecified atom stereocenters. The standard InChI is InChI=1S/C11H5N3O/c15-6-10-13-9-5-12-8-4-2-1-3-7(8)11(9)14-10/h1-5H. The van der Waals surface area contributed by atoms with E-state index in [9.17, 15) is 4.79 Å². The van der Waals surface area contributed by atoms with Crippen molar-refractivity contribution in [3.05, 3.63) is 47.0 Å². The molecule has 2 heterocycles. The Balaban J connectivity index is 2.61. The maximum absolute atomic E-state index is 10.4. The molecule has 0 radical (unpaired) electrons. The molecule has 0 atom stereocenters. The van der Waals surface area contributed by atoms with E-state index in [0.717, 1.165) is 10.9 Å². The van der Waals surface area contributed by atoms with Crippen LogP contribution < -0.4 is 10.7 Å². The van der Waals surface area contributed by atoms with E-state index < -0.39 is 0 Å². The predicted octanol–water partition coefficient (Wildman–Crippen LogP) is 0.161. The lowest BCUT2D eigenvalue weighted by Gasteiger charge is -1.93. The Morgan fingerprint density at radius 2 is 2.00 bits per heavy atom. The Morgan fingerprint density at radius 3 is 2.87 bits per heavy atom. The SMILES string of the molecule is O=C=C1N=c2cnc3ccccc3c2=N1. The van der Waals surface area contributed by atoms with Crippen molar-refractivity contribution in [3.8, 4) is 0 Å². The maximum Gasteiger partial charge on any atom is 0.240 e. The number of hydrogen-bond donors (Lipinski definition) is 0. The van der Waals surface area contributed by atoms with Crippen molar-refractivity contribution < 1.29 is 4.79 Å². The molecule has 70 valence electrons. The minimum absolute atomic E-state index is 0.0863. The summed E-state index contributed by atoms with van der Waals surface area (Å²) in [5, 5.41) is 2.25. The van der Waals surface area contributed by atoms with Gasteiger partial charge in [0, 0.05) is 5.39 Å². The predicted molar refractivity (Wildman–Crippen MR) is 53.3 cm³/mol. The van der Waals surface area contributed by atoms with Crippen LogP contribution in [0.15, 0.2) is 46.3 Å². The largest absolute Gasteiger partial charge is 0.254 e. The molecule has 0 N–H and O–H groups in total. The van der Waals surface area contributed by atoms with Crippen LogP contribution in [0.3, 0.4) is 0 Å². The highest BCUT2D eigenvalue weighted by Gasteiger charge is 2.06. The van der Waals surface area contributed by atoms with Crippen molar-refractivity contribution >= 4 is 16.8 Å². The van der Waals surface area contributed by atoms with E-state index >= 15 is 0 Å². The van der Waals surface area contributed by atoms with Gasteiger partial charge in [0.15, 0.2) is 5.94 Å². The molecule has 0 saturated carbocycles. The number of carbonyl (C=O) groups excluding carboxylic acids is 1. The second kappa shape index (κ2) is 2.83. The molecule has 2 aromatic rings. The van der Waals surface area contributed by atoms with Gasteiger partial charge in [-0.05, 0) is 6.07 Å². The van der Waals surface area contributed by atoms with Crippen LogP contribution >= 0.6 is 0 Å². The molecular weight excluding hydrogens is 190 g/mol. The zero-order chi connectivity index (χ0) is 10.3. The Bertz CT molecular complexity index is 727. The Morgan fingerprint density at radius 1 is 1.13 bits per heavy atom. The molecular formula is C11H5N3O. The zero-order valence-corrected chi connectivity index (χ0v) is 7.64. The lowest BCUT2D eigenvalue weighted by molar-refractivity contribution is 0.566. The number of para-hydroxylation sites is 1. The Hall–Kier alpha value is -2.32. The number of nitrogens with zero attached hydrogens (tertiary/aromatic N) is 3. The molecule has 4 heteroatoms. The average Bonchev–Trinajstić information content (AvgIpc) is 2.72. The third-order valence-electron chi connectivity index (χ3n) is 2.26. The Labute approximate surface area is 84.3 Å². The third kappa shape index (κ3) is 1.09. The highest BCUT2D eigenvalue weighted by Crippen LogP contribution is 2.05. The molecule has 1 aromatic heterocycles. The monoisotopic (exact) mass is 195 g/mol. The van der Waals surface area contributed by atoms with Crippen molar-refractivity contribution in [2.45, 2.75) is 0 Å². The smallest absolute Gasteiger partial charge is 0.240 e. The number of hydrogen-bond acceptors (Lipinski definition) is 4. The summed E-state index contributed by atoms with van der Waals surface area (Å²) in [5.41, 5.74) is 0.849. The van der Waals surface area contributed by atoms with Gasteiger partial charge in [0.1, 0.15) is 10.7 Å². The van der Waals surface area contributed by atoms with Gasteiger partial charge in [0.05, 0.1) is 11.7 Å². The highest BCUT2D eigenvalue weighted by molar-refractivity contribution is 5.78. The maximum atomic E-state index is 10.4. The number of pyridine rings is 1. The van der Waals surface area contributed by atoms with Gasteiger partial charge in [-0.15, -0.1) is 0 Å². The van der Waals surface area contributed by atoms with Crippen LogP contribution in [0, 0.1) is 0 Å². The van der Waals surface area contributed by atoms with E-state index in [4.69, 9.17) is 0 Å². The number of benzene rings is 1. The fourth-order valence-electron chi connectivity index (χ4n) is 1.61. The van der Waals surface area contributed by atoms with Crippen molar-refractivity contribution in [1.82, 2.24) is 4.98 Å². The minimum Gasteiger partial charge on any atom is -0.254 e. The fraction of sp³-hybridized carbons (Fsp3) is 0. The molecule has 0 spiro atoms. The van der Waals surface area contributed by atoms with Gasteiger partial charge in [-0.25, -0.2) is 14.8 Å². The molecule has 1 aliphatic heterocycles. The summed E-state index contributed by atoms with van der Waals surface area (Å²) in [5.74, 6) is 1.77. The summed E-state index contributed by atoms with van der Waals surface area (Å²) in [6, 6.07) is 7.62. The summed E-state index contributed by atoms with van der Waals surface area (Å²) < 4.78 is 0. The first kappa shape index (κ1) is 8.03. The molecule has 3 rings (SSSR count). The molecule has 0 saturated heterocycles. The first-order valence-corrected chi connectivity index (χ1v) is 4.45. The Kier molecular flexibility index (Phi) is 1.52. The molecule has 0 bridgehead atoms. The van der Waals surface area contributed by atoms with Gasteiger partial charge in [-0.3, -0.25) is 4.98 Å². The van der Waals surface area contributed by atoms with Gasteiger partial charge in [-0.1, -0.05) is 18.2 Å². The zero-order valence-electron chi connectivity index (χ0n) is 7.64. The van der Waals surface area contributed by atoms with E-state index in [1.165, 1.54) is 0 Å². The lowest BCUT2D eigenvalue weighted by atomic mass is 10.2. The fourth-order valence-corrected chi connectivity index (χ4v) is 1.61. The van der Waals surface area contributed by atoms with E-state index in [1.807, 2.05) is 24.3 Å². The van der Waals surface area contributed by atoms with Crippen LogP contribution in [0.25, 0.3) is 10.9 Å². The van der Waals surface area contributed by atoms with Gasteiger partial charge < -0.3 is 0 Å². The summed E-state index contributed by atoms with van der Waals surface area (Å²) in [6.45, 7) is 0. The molecule has 0 amide bonds. The number of rotatable bonds is 0. The topological polar surface area (TPSA) is 54.7 Å². The molecule has 15 heavy (non-hydrogen) atoms. The summed E-state index contributed by atoms with van der Waals surface area (Å²) in [4.78, 5) is 22.7. The van der Waals surface area contributed by atoms with Crippen LogP contribution in [-0.2, 0) is 4.79 Å². The third-order valence-corrected chi connectivity index (χ3v) is 2.26. The van der Waals surface area contributed by atoms with Gasteiger partial charge in [0.2, 0.25) is 5.82 Å². The number of aromatic nitrogens is 1. The molecule has 1 aromatic carbocycles. The highest BCUT2D eigenvalue weighted by atomic mass is 16.1. The first-order valence-electron chi connectivity index (χ1n) is 4.45. The average molecular weight is 195 g/mol. The molecule has 0 aliphatic carbocycles. The molecule has 1 aliphatic rings. The van der Waals surface area contributed by atoms with Crippen molar-refractivity contribution in [2.75, 3.05) is 0 Å². The van der Waals surface area contributed by atoms with E-state index in [1.54, 1.807) is 12.1 Å². The van der Waals surface area contributed by atoms with Crippen LogP contribution in [0.2, 0.25) is 0 Å². The van der Waals surface area contributed by atoms with Crippen molar-refractivity contribution in [2.24, 2.45) is 9.98 Å². The molecule has 0 fully saturated rings. The normalized spacial score (nSPS) is 12.9. The minimum atomic E-state index is 0.0863. The quantitative estimate of drug-likeness (QED) is 0.562. The molecule has 4 nitrogen and oxygen atoms in total. The first-order chi connectivity index (χ1) is 7.38. The van der Waals surface area contributed by atoms with Crippen molar-refractivity contribution in [3.63, 3.8) is 0 Å². The van der Waals surface area contributed by atoms with Crippen LogP contribution in [0.5, 0.6) is 0 Å². The van der Waals surface area contributed by atoms with Gasteiger partial charge in [-0.2, -0.15) is 0 Å². The van der Waals surface area contributed by atoms with Crippen LogP contribution in [0.4, 0.5) is 0 Å².